The summed E-state index contributed by atoms with van der Waals surface area (Å²) in [6, 6.07) is 1.43. The maximum absolute atomic E-state index is 12.1. The van der Waals surface area contributed by atoms with E-state index in [1.165, 1.54) is 16.6 Å². The molecule has 1 aromatic heterocycles. The molecule has 2 N–H and O–H groups in total. The van der Waals surface area contributed by atoms with Crippen LogP contribution in [0, 0.1) is 5.92 Å². The van der Waals surface area contributed by atoms with Gasteiger partial charge in [0, 0.05) is 25.4 Å². The Labute approximate surface area is 99.2 Å². The summed E-state index contributed by atoms with van der Waals surface area (Å²) in [4.78, 5) is 0. The van der Waals surface area contributed by atoms with E-state index in [1.54, 1.807) is 0 Å². The van der Waals surface area contributed by atoms with Crippen LogP contribution in [0.2, 0.25) is 0 Å². The molecule has 8 heteroatoms. The lowest BCUT2D eigenvalue weighted by Gasteiger charge is -2.29. The van der Waals surface area contributed by atoms with Gasteiger partial charge >= 0.3 is 0 Å². The molecule has 0 bridgehead atoms. The van der Waals surface area contributed by atoms with Gasteiger partial charge in [0.2, 0.25) is 0 Å². The van der Waals surface area contributed by atoms with Crippen molar-refractivity contribution in [3.63, 3.8) is 0 Å². The molecule has 7 nitrogen and oxygen atoms in total. The van der Waals surface area contributed by atoms with Crippen LogP contribution in [-0.4, -0.2) is 46.9 Å². The standard InChI is InChI=1S/C9H14N4O3S/c1-7-6-13(5-3-8(7)12-14)17(15,16)9-2-4-10-11-9/h2,4,7,14H,3,5-6H2,1H3,(H,10,11). The normalized spacial score (nSPS) is 25.2. The molecule has 2 heterocycles. The van der Waals surface area contributed by atoms with Gasteiger partial charge in [-0.05, 0) is 6.07 Å². The Hall–Kier alpha value is -1.41. The van der Waals surface area contributed by atoms with Gasteiger partial charge in [-0.25, -0.2) is 8.42 Å². The topological polar surface area (TPSA) is 98.7 Å². The van der Waals surface area contributed by atoms with Crippen LogP contribution in [0.1, 0.15) is 13.3 Å². The Morgan fingerprint density at radius 3 is 2.94 bits per heavy atom. The van der Waals surface area contributed by atoms with Gasteiger partial charge in [0.15, 0.2) is 5.03 Å². The number of aromatic nitrogens is 2. The van der Waals surface area contributed by atoms with E-state index < -0.39 is 10.0 Å². The van der Waals surface area contributed by atoms with E-state index in [-0.39, 0.29) is 10.9 Å². The number of piperidine rings is 1. The van der Waals surface area contributed by atoms with E-state index in [2.05, 4.69) is 15.4 Å². The van der Waals surface area contributed by atoms with Gasteiger partial charge in [-0.3, -0.25) is 5.10 Å². The molecule has 1 aliphatic heterocycles. The van der Waals surface area contributed by atoms with Crippen LogP contribution < -0.4 is 0 Å². The van der Waals surface area contributed by atoms with Crippen molar-refractivity contribution in [3.8, 4) is 0 Å². The second kappa shape index (κ2) is 4.46. The van der Waals surface area contributed by atoms with Crippen LogP contribution in [0.5, 0.6) is 0 Å². The van der Waals surface area contributed by atoms with Crippen molar-refractivity contribution >= 4 is 15.7 Å². The zero-order valence-corrected chi connectivity index (χ0v) is 10.2. The first-order valence-electron chi connectivity index (χ1n) is 5.26. The molecule has 1 aromatic rings. The summed E-state index contributed by atoms with van der Waals surface area (Å²) >= 11 is 0. The highest BCUT2D eigenvalue weighted by molar-refractivity contribution is 7.89. The fourth-order valence-electron chi connectivity index (χ4n) is 1.88. The van der Waals surface area contributed by atoms with E-state index in [0.717, 1.165) is 0 Å². The number of sulfonamides is 1. The van der Waals surface area contributed by atoms with Crippen molar-refractivity contribution in [2.75, 3.05) is 13.1 Å². The van der Waals surface area contributed by atoms with E-state index >= 15 is 0 Å². The minimum absolute atomic E-state index is 0.0774. The second-order valence-corrected chi connectivity index (χ2v) is 5.93. The Morgan fingerprint density at radius 2 is 2.41 bits per heavy atom. The molecule has 94 valence electrons. The van der Waals surface area contributed by atoms with E-state index in [1.807, 2.05) is 6.92 Å². The van der Waals surface area contributed by atoms with Crippen molar-refractivity contribution in [1.82, 2.24) is 14.5 Å². The SMILES string of the molecule is CC1CN(S(=O)(=O)c2ccn[nH]2)CCC1=NO. The minimum Gasteiger partial charge on any atom is -0.411 e. The first-order valence-corrected chi connectivity index (χ1v) is 6.70. The van der Waals surface area contributed by atoms with Crippen molar-refractivity contribution in [1.29, 1.82) is 0 Å². The lowest BCUT2D eigenvalue weighted by molar-refractivity contribution is 0.300. The van der Waals surface area contributed by atoms with Crippen molar-refractivity contribution in [2.45, 2.75) is 18.4 Å². The summed E-state index contributed by atoms with van der Waals surface area (Å²) < 4.78 is 25.7. The molecule has 1 unspecified atom stereocenters. The number of nitrogens with zero attached hydrogens (tertiary/aromatic N) is 3. The van der Waals surface area contributed by atoms with Crippen LogP contribution >= 0.6 is 0 Å². The van der Waals surface area contributed by atoms with E-state index in [0.29, 0.717) is 25.2 Å². The Kier molecular flexibility index (Phi) is 3.16. The molecule has 1 fully saturated rings. The van der Waals surface area contributed by atoms with Crippen molar-refractivity contribution in [2.24, 2.45) is 11.1 Å². The van der Waals surface area contributed by atoms with Crippen LogP contribution in [0.25, 0.3) is 0 Å². The molecule has 17 heavy (non-hydrogen) atoms. The maximum atomic E-state index is 12.1. The van der Waals surface area contributed by atoms with Gasteiger partial charge in [-0.2, -0.15) is 9.40 Å². The molecule has 0 aromatic carbocycles. The van der Waals surface area contributed by atoms with Crippen LogP contribution in [0.3, 0.4) is 0 Å². The average molecular weight is 258 g/mol. The second-order valence-electron chi connectivity index (χ2n) is 4.03. The molecule has 1 atom stereocenters. The molecule has 1 aliphatic rings. The Bertz CT molecular complexity index is 508. The first kappa shape index (κ1) is 12.1. The summed E-state index contributed by atoms with van der Waals surface area (Å²) in [5.74, 6) is -0.0774. The third kappa shape index (κ3) is 2.18. The fourth-order valence-corrected chi connectivity index (χ4v) is 3.31. The minimum atomic E-state index is -3.50. The highest BCUT2D eigenvalue weighted by Gasteiger charge is 2.32. The number of rotatable bonds is 2. The average Bonchev–Trinajstić information content (AvgIpc) is 2.83. The van der Waals surface area contributed by atoms with Gasteiger partial charge in [0.25, 0.3) is 10.0 Å². The molecule has 0 aliphatic carbocycles. The van der Waals surface area contributed by atoms with Crippen LogP contribution in [0.4, 0.5) is 0 Å². The summed E-state index contributed by atoms with van der Waals surface area (Å²) in [6.45, 7) is 2.48. The fraction of sp³-hybridized carbons (Fsp3) is 0.556. The predicted molar refractivity (Wildman–Crippen MR) is 60.3 cm³/mol. The zero-order valence-electron chi connectivity index (χ0n) is 9.37. The molecule has 1 saturated heterocycles. The highest BCUT2D eigenvalue weighted by Crippen LogP contribution is 2.20. The summed E-state index contributed by atoms with van der Waals surface area (Å²) in [5.41, 5.74) is 0.640. The largest absolute Gasteiger partial charge is 0.411 e. The van der Waals surface area contributed by atoms with Gasteiger partial charge < -0.3 is 5.21 Å². The van der Waals surface area contributed by atoms with Gasteiger partial charge in [0.1, 0.15) is 0 Å². The quantitative estimate of drug-likeness (QED) is 0.587. The molecule has 0 saturated carbocycles. The van der Waals surface area contributed by atoms with E-state index in [4.69, 9.17) is 5.21 Å². The third-order valence-corrected chi connectivity index (χ3v) is 4.68. The molecule has 2 rings (SSSR count). The highest BCUT2D eigenvalue weighted by atomic mass is 32.2. The molecule has 0 amide bonds. The zero-order chi connectivity index (χ0) is 12.5. The number of oxime groups is 1. The van der Waals surface area contributed by atoms with E-state index in [9.17, 15) is 8.42 Å². The number of H-pyrrole nitrogens is 1. The smallest absolute Gasteiger partial charge is 0.259 e. The molecule has 0 radical (unpaired) electrons. The monoisotopic (exact) mass is 258 g/mol. The first-order chi connectivity index (χ1) is 8.05. The number of hydrogen-bond acceptors (Lipinski definition) is 5. The van der Waals surface area contributed by atoms with Gasteiger partial charge in [-0.1, -0.05) is 12.1 Å². The molecular weight excluding hydrogens is 244 g/mol. The Morgan fingerprint density at radius 1 is 1.65 bits per heavy atom. The van der Waals surface area contributed by atoms with Gasteiger partial charge in [-0.15, -0.1) is 0 Å². The van der Waals surface area contributed by atoms with Crippen molar-refractivity contribution < 1.29 is 13.6 Å². The lowest BCUT2D eigenvalue weighted by Crippen LogP contribution is -2.43. The number of hydrogen-bond donors (Lipinski definition) is 2. The lowest BCUT2D eigenvalue weighted by atomic mass is 10.00. The summed E-state index contributed by atoms with van der Waals surface area (Å²) in [6.07, 6.45) is 1.85. The molecular formula is C9H14N4O3S. The van der Waals surface area contributed by atoms with Crippen LogP contribution in [0.15, 0.2) is 22.4 Å². The number of nitrogens with one attached hydrogen (secondary N) is 1. The summed E-state index contributed by atoms with van der Waals surface area (Å²) in [5, 5.41) is 18.1. The molecule has 0 spiro atoms. The summed E-state index contributed by atoms with van der Waals surface area (Å²) in [7, 11) is -3.50. The van der Waals surface area contributed by atoms with Gasteiger partial charge in [0.05, 0.1) is 11.9 Å². The number of aromatic amines is 1. The van der Waals surface area contributed by atoms with Crippen molar-refractivity contribution in [3.05, 3.63) is 12.3 Å². The Balaban J connectivity index is 2.21. The maximum Gasteiger partial charge on any atom is 0.259 e. The third-order valence-electron chi connectivity index (χ3n) is 2.89. The van der Waals surface area contributed by atoms with Crippen LogP contribution in [-0.2, 0) is 10.0 Å². The predicted octanol–water partition coefficient (Wildman–Crippen LogP) is 0.270.